The molecule has 2 heterocycles. The van der Waals surface area contributed by atoms with Crippen LogP contribution in [0.15, 0.2) is 36.5 Å². The van der Waals surface area contributed by atoms with Gasteiger partial charge in [0.15, 0.2) is 0 Å². The summed E-state index contributed by atoms with van der Waals surface area (Å²) in [6, 6.07) is 8.63. The molecule has 3 N–H and O–H groups in total. The van der Waals surface area contributed by atoms with Crippen molar-refractivity contribution < 1.29 is 28.7 Å². The number of thiophene rings is 1. The summed E-state index contributed by atoms with van der Waals surface area (Å²) in [6.45, 7) is 5.48. The maximum atomic E-state index is 12.8. The molecule has 35 heavy (non-hydrogen) atoms. The van der Waals surface area contributed by atoms with Gasteiger partial charge in [0.25, 0.3) is 11.8 Å². The summed E-state index contributed by atoms with van der Waals surface area (Å²) in [5.41, 5.74) is 0.694. The number of rotatable bonds is 7. The molecule has 10 nitrogen and oxygen atoms in total. The molecule has 1 aromatic carbocycles. The maximum absolute atomic E-state index is 12.8. The van der Waals surface area contributed by atoms with Crippen molar-refractivity contribution in [2.75, 3.05) is 24.3 Å². The smallest absolute Gasteiger partial charge is 0.412 e. The number of aromatic nitrogens is 1. The summed E-state index contributed by atoms with van der Waals surface area (Å²) in [5, 5.41) is 8.94. The molecule has 0 aliphatic carbocycles. The molecule has 0 aliphatic heterocycles. The first-order valence-electron chi connectivity index (χ1n) is 10.8. The van der Waals surface area contributed by atoms with Crippen LogP contribution in [0.1, 0.15) is 47.4 Å². The van der Waals surface area contributed by atoms with Crippen molar-refractivity contribution in [1.29, 1.82) is 0 Å². The lowest BCUT2D eigenvalue weighted by molar-refractivity contribution is -0.140. The third kappa shape index (κ3) is 7.06. The number of ether oxygens (including phenoxy) is 2. The number of methoxy groups -OCH3 is 1. The van der Waals surface area contributed by atoms with Crippen LogP contribution in [0.2, 0.25) is 0 Å². The van der Waals surface area contributed by atoms with Gasteiger partial charge in [-0.3, -0.25) is 19.7 Å². The van der Waals surface area contributed by atoms with Crippen molar-refractivity contribution in [2.24, 2.45) is 7.05 Å². The number of amides is 3. The largest absolute Gasteiger partial charge is 0.469 e. The van der Waals surface area contributed by atoms with E-state index in [1.54, 1.807) is 62.8 Å². The van der Waals surface area contributed by atoms with Crippen LogP contribution in [0.5, 0.6) is 0 Å². The topological polar surface area (TPSA) is 128 Å². The first-order valence-corrected chi connectivity index (χ1v) is 11.6. The third-order valence-electron chi connectivity index (χ3n) is 4.72. The van der Waals surface area contributed by atoms with Gasteiger partial charge in [0.1, 0.15) is 11.3 Å². The minimum absolute atomic E-state index is 0.0947. The number of carbonyl (C=O) groups is 4. The molecule has 3 rings (SSSR count). The number of nitrogens with zero attached hydrogens (tertiary/aromatic N) is 1. The van der Waals surface area contributed by atoms with Crippen molar-refractivity contribution in [3.63, 3.8) is 0 Å². The Kier molecular flexibility index (Phi) is 7.80. The summed E-state index contributed by atoms with van der Waals surface area (Å²) in [6.07, 6.45) is 1.10. The van der Waals surface area contributed by atoms with E-state index < -0.39 is 17.7 Å². The summed E-state index contributed by atoms with van der Waals surface area (Å²) in [7, 11) is 2.99. The van der Waals surface area contributed by atoms with Gasteiger partial charge in [-0.2, -0.15) is 0 Å². The van der Waals surface area contributed by atoms with Crippen molar-refractivity contribution in [3.05, 3.63) is 47.1 Å². The first kappa shape index (κ1) is 25.8. The number of nitrogens with one attached hydrogen (secondary N) is 3. The van der Waals surface area contributed by atoms with Gasteiger partial charge in [-0.15, -0.1) is 11.3 Å². The van der Waals surface area contributed by atoms with Crippen LogP contribution in [0, 0.1) is 0 Å². The molecule has 186 valence electrons. The van der Waals surface area contributed by atoms with Crippen LogP contribution in [-0.4, -0.2) is 47.7 Å². The standard InChI is InChI=1S/C24H28N4O6S/c1-24(2,3)34-23(32)27-16-12-17(28(4)13-16)21(30)26-15-6-7-18-14(10-15)11-19(35-18)22(31)25-9-8-20(29)33-5/h6-7,10-13H,8-9H2,1-5H3,(H,25,31)(H,26,30)(H,27,32). The highest BCUT2D eigenvalue weighted by Crippen LogP contribution is 2.28. The first-order chi connectivity index (χ1) is 16.4. The fourth-order valence-corrected chi connectivity index (χ4v) is 4.13. The zero-order valence-corrected chi connectivity index (χ0v) is 21.0. The molecule has 2 aromatic heterocycles. The summed E-state index contributed by atoms with van der Waals surface area (Å²) in [5.74, 6) is -1.04. The van der Waals surface area contributed by atoms with E-state index in [1.165, 1.54) is 18.4 Å². The summed E-state index contributed by atoms with van der Waals surface area (Å²) >= 11 is 1.31. The molecule has 0 aliphatic rings. The number of aryl methyl sites for hydroxylation is 1. The lowest BCUT2D eigenvalue weighted by Gasteiger charge is -2.19. The van der Waals surface area contributed by atoms with E-state index in [0.717, 1.165) is 10.1 Å². The lowest BCUT2D eigenvalue weighted by Crippen LogP contribution is -2.27. The van der Waals surface area contributed by atoms with Crippen LogP contribution in [0.3, 0.4) is 0 Å². The van der Waals surface area contributed by atoms with Crippen LogP contribution >= 0.6 is 11.3 Å². The Bertz CT molecular complexity index is 1270. The van der Waals surface area contributed by atoms with Crippen molar-refractivity contribution >= 4 is 56.7 Å². The molecule has 0 atom stereocenters. The maximum Gasteiger partial charge on any atom is 0.412 e. The van der Waals surface area contributed by atoms with E-state index >= 15 is 0 Å². The molecular weight excluding hydrogens is 472 g/mol. The normalized spacial score (nSPS) is 11.1. The number of hydrogen-bond donors (Lipinski definition) is 3. The van der Waals surface area contributed by atoms with Gasteiger partial charge in [0.05, 0.1) is 24.1 Å². The molecule has 0 spiro atoms. The van der Waals surface area contributed by atoms with Gasteiger partial charge in [0, 0.05) is 30.2 Å². The minimum Gasteiger partial charge on any atom is -0.469 e. The Morgan fingerprint density at radius 3 is 2.43 bits per heavy atom. The monoisotopic (exact) mass is 500 g/mol. The number of hydrogen-bond acceptors (Lipinski definition) is 7. The van der Waals surface area contributed by atoms with E-state index in [-0.39, 0.29) is 24.8 Å². The van der Waals surface area contributed by atoms with Crippen molar-refractivity contribution in [1.82, 2.24) is 9.88 Å². The second-order valence-corrected chi connectivity index (χ2v) is 9.84. The highest BCUT2D eigenvalue weighted by atomic mass is 32.1. The molecule has 0 radical (unpaired) electrons. The highest BCUT2D eigenvalue weighted by Gasteiger charge is 2.19. The van der Waals surface area contributed by atoms with E-state index in [0.29, 0.717) is 21.9 Å². The Labute approximate surface area is 206 Å². The van der Waals surface area contributed by atoms with Gasteiger partial charge in [0.2, 0.25) is 0 Å². The number of carbonyl (C=O) groups excluding carboxylic acids is 4. The lowest BCUT2D eigenvalue weighted by atomic mass is 10.2. The average Bonchev–Trinajstić information content (AvgIpc) is 3.34. The SMILES string of the molecule is COC(=O)CCNC(=O)c1cc2cc(NC(=O)c3cc(NC(=O)OC(C)(C)C)cn3C)ccc2s1. The highest BCUT2D eigenvalue weighted by molar-refractivity contribution is 7.20. The van der Waals surface area contributed by atoms with Crippen LogP contribution in [0.4, 0.5) is 16.2 Å². The summed E-state index contributed by atoms with van der Waals surface area (Å²) in [4.78, 5) is 48.9. The molecule has 0 bridgehead atoms. The second-order valence-electron chi connectivity index (χ2n) is 8.75. The Morgan fingerprint density at radius 1 is 1.00 bits per heavy atom. The fourth-order valence-electron chi connectivity index (χ4n) is 3.18. The van der Waals surface area contributed by atoms with Gasteiger partial charge < -0.3 is 24.7 Å². The van der Waals surface area contributed by atoms with E-state index in [1.807, 2.05) is 6.07 Å². The minimum atomic E-state index is -0.636. The Morgan fingerprint density at radius 2 is 1.74 bits per heavy atom. The van der Waals surface area contributed by atoms with Gasteiger partial charge in [-0.05, 0) is 56.5 Å². The fraction of sp³-hybridized carbons (Fsp3) is 0.333. The molecule has 0 saturated carbocycles. The number of benzene rings is 1. The van der Waals surface area contributed by atoms with Gasteiger partial charge in [-0.25, -0.2) is 4.79 Å². The quantitative estimate of drug-likeness (QED) is 0.419. The zero-order valence-electron chi connectivity index (χ0n) is 20.2. The van der Waals surface area contributed by atoms with E-state index in [2.05, 4.69) is 20.7 Å². The van der Waals surface area contributed by atoms with Gasteiger partial charge >= 0.3 is 12.1 Å². The zero-order chi connectivity index (χ0) is 25.8. The van der Waals surface area contributed by atoms with Crippen LogP contribution in [0.25, 0.3) is 10.1 Å². The molecule has 0 saturated heterocycles. The Hall–Kier alpha value is -3.86. The summed E-state index contributed by atoms with van der Waals surface area (Å²) < 4.78 is 12.3. The van der Waals surface area contributed by atoms with Gasteiger partial charge in [-0.1, -0.05) is 0 Å². The second kappa shape index (κ2) is 10.6. The van der Waals surface area contributed by atoms with Crippen molar-refractivity contribution in [2.45, 2.75) is 32.8 Å². The predicted molar refractivity (Wildman–Crippen MR) is 134 cm³/mol. The molecular formula is C24H28N4O6S. The Balaban J connectivity index is 1.66. The average molecular weight is 501 g/mol. The molecule has 0 unspecified atom stereocenters. The molecule has 0 fully saturated rings. The van der Waals surface area contributed by atoms with Crippen molar-refractivity contribution in [3.8, 4) is 0 Å². The van der Waals surface area contributed by atoms with Crippen LogP contribution in [-0.2, 0) is 21.3 Å². The molecule has 11 heteroatoms. The number of esters is 1. The molecule has 3 aromatic rings. The number of fused-ring (bicyclic) bond motifs is 1. The van der Waals surface area contributed by atoms with Crippen LogP contribution < -0.4 is 16.0 Å². The predicted octanol–water partition coefficient (Wildman–Crippen LogP) is 4.13. The molecule has 3 amide bonds. The van der Waals surface area contributed by atoms with E-state index in [9.17, 15) is 19.2 Å². The number of anilines is 2. The third-order valence-corrected chi connectivity index (χ3v) is 5.84. The van der Waals surface area contributed by atoms with E-state index in [4.69, 9.17) is 4.74 Å².